The molecule has 0 atom stereocenters. The van der Waals surface area contributed by atoms with Crippen molar-refractivity contribution in [1.82, 2.24) is 0 Å². The number of unbranched alkanes of at least 4 members (excludes halogenated alkanes) is 20. The third kappa shape index (κ3) is 33.3. The maximum Gasteiger partial charge on any atom is 0.334 e. The van der Waals surface area contributed by atoms with Gasteiger partial charge in [0.1, 0.15) is 0 Å². The molecule has 0 unspecified atom stereocenters. The fraction of sp³-hybridized carbons (Fsp3) is 1.00. The van der Waals surface area contributed by atoms with Crippen LogP contribution < -0.4 is 0 Å². The van der Waals surface area contributed by atoms with Gasteiger partial charge in [-0.3, -0.25) is 0 Å². The van der Waals surface area contributed by atoms with Crippen LogP contribution in [0.4, 0.5) is 0 Å². The Balaban J connectivity index is -0.00000143. The summed E-state index contributed by atoms with van der Waals surface area (Å²) in [4.78, 5) is 53.0. The van der Waals surface area contributed by atoms with Crippen LogP contribution in [0.2, 0.25) is 0 Å². The number of hydrogen-bond acceptors (Lipinski definition) is 12. The van der Waals surface area contributed by atoms with Crippen molar-refractivity contribution in [3.05, 3.63) is 0 Å². The van der Waals surface area contributed by atoms with Gasteiger partial charge < -0.3 is 54.7 Å². The van der Waals surface area contributed by atoms with Gasteiger partial charge in [0.2, 0.25) is 0 Å². The van der Waals surface area contributed by atoms with Crippen molar-refractivity contribution in [3.8, 4) is 0 Å². The summed E-state index contributed by atoms with van der Waals surface area (Å²) in [6, 6.07) is 0. The molecule has 11 N–H and O–H groups in total. The monoisotopic (exact) mass is 728 g/mol. The molecule has 12 nitrogen and oxygen atoms in total. The first-order valence-electron chi connectivity index (χ1n) is 17.4. The van der Waals surface area contributed by atoms with E-state index in [2.05, 4.69) is 18.2 Å². The molecule has 0 heterocycles. The summed E-state index contributed by atoms with van der Waals surface area (Å²) in [5, 5.41) is 41.5. The highest BCUT2D eigenvalue weighted by Gasteiger charge is 2.48. The van der Waals surface area contributed by atoms with E-state index in [1.165, 1.54) is 116 Å². The molecule has 0 aromatic rings. The van der Waals surface area contributed by atoms with Gasteiger partial charge in [0, 0.05) is 0 Å². The van der Waals surface area contributed by atoms with Gasteiger partial charge in [-0.05, 0) is 12.8 Å². The summed E-state index contributed by atoms with van der Waals surface area (Å²) in [6.45, 7) is 3.36. The van der Waals surface area contributed by atoms with E-state index in [0.29, 0.717) is 12.8 Å². The van der Waals surface area contributed by atoms with E-state index in [-0.39, 0.29) is 19.8 Å². The van der Waals surface area contributed by atoms with Crippen LogP contribution >= 0.6 is 25.8 Å². The zero-order valence-electron chi connectivity index (χ0n) is 28.8. The Labute approximate surface area is 283 Å². The Bertz CT molecular complexity index is 546. The molecule has 0 saturated heterocycles. The van der Waals surface area contributed by atoms with Crippen LogP contribution in [0.1, 0.15) is 168 Å². The van der Waals surface area contributed by atoms with E-state index in [1.807, 2.05) is 0 Å². The molecular formula is C31H71O12P3. The minimum absolute atomic E-state index is 0.382. The molecule has 0 aromatic heterocycles. The first-order valence-corrected chi connectivity index (χ1v) is 20.9. The topological polar surface area (TPSA) is 232 Å². The molecule has 0 aromatic carbocycles. The Morgan fingerprint density at radius 1 is 0.413 bits per heavy atom. The fourth-order valence-electron chi connectivity index (χ4n) is 5.48. The van der Waals surface area contributed by atoms with E-state index in [0.717, 1.165) is 25.7 Å². The minimum atomic E-state index is -2.62. The second-order valence-electron chi connectivity index (χ2n) is 12.2. The highest BCUT2D eigenvalue weighted by molar-refractivity contribution is 7.53. The van der Waals surface area contributed by atoms with Crippen molar-refractivity contribution >= 4 is 25.8 Å². The molecule has 15 heteroatoms. The molecule has 46 heavy (non-hydrogen) atoms. The standard InChI is InChI=1S/C31H64O4.H4O5P2.H3O3P/c1-3-5-7-9-11-13-15-17-19-21-23-25-31(35,30(27-32,28-33)29-34)26-24-22-20-18-16-14-12-10-8-6-4-2;1-6(2)5-7(3)4;1-4(2)3/h32-35H,3-29H2,1-2H3;1-4H;1-3H. The van der Waals surface area contributed by atoms with Gasteiger partial charge in [0.25, 0.3) is 0 Å². The second-order valence-corrected chi connectivity index (χ2v) is 14.4. The predicted molar refractivity (Wildman–Crippen MR) is 188 cm³/mol. The SMILES string of the molecule is CCCCCCCCCCCCCC(O)(CCCCCCCCCCCCC)C(CO)(CO)CO.OP(O)O.OP(O)OP(O)O. The van der Waals surface area contributed by atoms with Crippen molar-refractivity contribution in [2.75, 3.05) is 19.8 Å². The van der Waals surface area contributed by atoms with E-state index in [4.69, 9.17) is 34.3 Å². The van der Waals surface area contributed by atoms with Crippen molar-refractivity contribution in [2.24, 2.45) is 5.41 Å². The molecule has 0 saturated carbocycles. The first-order chi connectivity index (χ1) is 21.9. The Morgan fingerprint density at radius 2 is 0.630 bits per heavy atom. The second kappa shape index (κ2) is 37.1. The number of rotatable bonds is 30. The number of hydrogen-bond donors (Lipinski definition) is 11. The van der Waals surface area contributed by atoms with Crippen molar-refractivity contribution in [1.29, 1.82) is 0 Å². The molecule has 0 bridgehead atoms. The number of aliphatic hydroxyl groups excluding tert-OH is 3. The van der Waals surface area contributed by atoms with E-state index >= 15 is 0 Å². The predicted octanol–water partition coefficient (Wildman–Crippen LogP) is 6.70. The van der Waals surface area contributed by atoms with E-state index in [1.54, 1.807) is 0 Å². The van der Waals surface area contributed by atoms with Crippen LogP contribution in [0.25, 0.3) is 0 Å². The maximum absolute atomic E-state index is 11.5. The van der Waals surface area contributed by atoms with Gasteiger partial charge in [0.15, 0.2) is 0 Å². The van der Waals surface area contributed by atoms with Gasteiger partial charge >= 0.3 is 25.8 Å². The number of aliphatic hydroxyl groups is 4. The van der Waals surface area contributed by atoms with E-state index in [9.17, 15) is 20.4 Å². The summed E-state index contributed by atoms with van der Waals surface area (Å²) in [5.41, 5.74) is -2.42. The van der Waals surface area contributed by atoms with Crippen LogP contribution in [0.15, 0.2) is 0 Å². The van der Waals surface area contributed by atoms with Crippen molar-refractivity contribution < 1.29 is 59.0 Å². The third-order valence-electron chi connectivity index (χ3n) is 8.43. The van der Waals surface area contributed by atoms with Crippen molar-refractivity contribution in [3.63, 3.8) is 0 Å². The third-order valence-corrected chi connectivity index (χ3v) is 9.60. The van der Waals surface area contributed by atoms with Crippen LogP contribution in [-0.4, -0.2) is 80.1 Å². The zero-order chi connectivity index (χ0) is 35.5. The van der Waals surface area contributed by atoms with Gasteiger partial charge in [-0.15, -0.1) is 0 Å². The van der Waals surface area contributed by atoms with Crippen molar-refractivity contribution in [2.45, 2.75) is 174 Å². The average Bonchev–Trinajstić information content (AvgIpc) is 2.99. The summed E-state index contributed by atoms with van der Waals surface area (Å²) < 4.78 is 3.60. The highest BCUT2D eigenvalue weighted by Crippen LogP contribution is 2.42. The maximum atomic E-state index is 11.5. The molecule has 0 aliphatic carbocycles. The molecule has 0 aliphatic rings. The largest absolute Gasteiger partial charge is 0.395 e. The molecule has 0 spiro atoms. The molecule has 0 aliphatic heterocycles. The smallest absolute Gasteiger partial charge is 0.334 e. The Morgan fingerprint density at radius 3 is 0.804 bits per heavy atom. The van der Waals surface area contributed by atoms with Gasteiger partial charge in [-0.2, -0.15) is 0 Å². The van der Waals surface area contributed by atoms with Crippen LogP contribution in [0.3, 0.4) is 0 Å². The molecule has 0 rings (SSSR count). The quantitative estimate of drug-likeness (QED) is 0.0274. The van der Waals surface area contributed by atoms with Gasteiger partial charge in [0.05, 0.1) is 30.8 Å². The summed E-state index contributed by atoms with van der Waals surface area (Å²) >= 11 is 0. The fourth-order valence-corrected chi connectivity index (χ4v) is 6.00. The van der Waals surface area contributed by atoms with Crippen LogP contribution in [-0.2, 0) is 4.31 Å². The van der Waals surface area contributed by atoms with E-state index < -0.39 is 36.8 Å². The molecule has 0 radical (unpaired) electrons. The summed E-state index contributed by atoms with van der Waals surface area (Å²) in [7, 11) is -7.84. The lowest BCUT2D eigenvalue weighted by atomic mass is 9.68. The first kappa shape index (κ1) is 51.2. The Hall–Kier alpha value is 0.810. The average molecular weight is 729 g/mol. The lowest BCUT2D eigenvalue weighted by Gasteiger charge is -2.44. The summed E-state index contributed by atoms with van der Waals surface area (Å²) in [5.74, 6) is 0. The lowest BCUT2D eigenvalue weighted by molar-refractivity contribution is -0.162. The summed E-state index contributed by atoms with van der Waals surface area (Å²) in [6.07, 6.45) is 28.6. The molecule has 0 amide bonds. The molecular weight excluding hydrogens is 657 g/mol. The molecule has 282 valence electrons. The lowest BCUT2D eigenvalue weighted by Crippen LogP contribution is -2.55. The highest BCUT2D eigenvalue weighted by atomic mass is 31.2. The van der Waals surface area contributed by atoms with Gasteiger partial charge in [-0.25, -0.2) is 4.31 Å². The normalized spacial score (nSPS) is 12.0. The Kier molecular flexibility index (Phi) is 41.3. The zero-order valence-corrected chi connectivity index (χ0v) is 31.4. The molecule has 0 fully saturated rings. The van der Waals surface area contributed by atoms with Crippen LogP contribution in [0.5, 0.6) is 0 Å². The van der Waals surface area contributed by atoms with Gasteiger partial charge in [-0.1, -0.05) is 155 Å². The minimum Gasteiger partial charge on any atom is -0.395 e. The van der Waals surface area contributed by atoms with Crippen LogP contribution in [0, 0.1) is 5.41 Å².